The molecule has 0 aliphatic rings. The van der Waals surface area contributed by atoms with Crippen molar-refractivity contribution in [2.45, 2.75) is 20.8 Å². The lowest BCUT2D eigenvalue weighted by Crippen LogP contribution is -2.33. The third-order valence-corrected chi connectivity index (χ3v) is 2.90. The Hall–Kier alpha value is -1.09. The predicted molar refractivity (Wildman–Crippen MR) is 70.0 cm³/mol. The van der Waals surface area contributed by atoms with Crippen molar-refractivity contribution in [3.8, 4) is 0 Å². The molecule has 0 aliphatic carbocycles. The third-order valence-electron chi connectivity index (χ3n) is 2.90. The van der Waals surface area contributed by atoms with Crippen LogP contribution in [0.15, 0.2) is 18.3 Å². The Morgan fingerprint density at radius 1 is 1.19 bits per heavy atom. The molecule has 1 heterocycles. The normalized spacial score (nSPS) is 10.8. The summed E-state index contributed by atoms with van der Waals surface area (Å²) in [5.74, 6) is 1.09. The number of pyridine rings is 1. The molecule has 16 heavy (non-hydrogen) atoms. The van der Waals surface area contributed by atoms with Crippen LogP contribution in [-0.4, -0.2) is 43.1 Å². The van der Waals surface area contributed by atoms with Crippen molar-refractivity contribution in [3.63, 3.8) is 0 Å². The van der Waals surface area contributed by atoms with Crippen LogP contribution in [0.1, 0.15) is 19.4 Å². The van der Waals surface area contributed by atoms with Crippen LogP contribution < -0.4 is 4.90 Å². The van der Waals surface area contributed by atoms with Crippen LogP contribution in [-0.2, 0) is 0 Å². The van der Waals surface area contributed by atoms with Gasteiger partial charge in [0.25, 0.3) is 0 Å². The lowest BCUT2D eigenvalue weighted by atomic mass is 10.3. The first-order valence-electron chi connectivity index (χ1n) is 6.03. The van der Waals surface area contributed by atoms with Crippen molar-refractivity contribution < 1.29 is 0 Å². The minimum atomic E-state index is 1.01. The van der Waals surface area contributed by atoms with Gasteiger partial charge in [0.05, 0.1) is 0 Å². The Bertz CT molecular complexity index is 312. The van der Waals surface area contributed by atoms with Gasteiger partial charge < -0.3 is 9.80 Å². The molecule has 0 atom stereocenters. The summed E-state index contributed by atoms with van der Waals surface area (Å²) >= 11 is 0. The van der Waals surface area contributed by atoms with E-state index >= 15 is 0 Å². The Kier molecular flexibility index (Phi) is 5.26. The molecular formula is C13H23N3. The molecular weight excluding hydrogens is 198 g/mol. The van der Waals surface area contributed by atoms with Gasteiger partial charge in [-0.2, -0.15) is 0 Å². The van der Waals surface area contributed by atoms with E-state index in [1.807, 2.05) is 12.3 Å². The van der Waals surface area contributed by atoms with E-state index < -0.39 is 0 Å². The van der Waals surface area contributed by atoms with Gasteiger partial charge in [-0.05, 0) is 45.1 Å². The van der Waals surface area contributed by atoms with Gasteiger partial charge in [-0.25, -0.2) is 4.98 Å². The monoisotopic (exact) mass is 221 g/mol. The molecule has 3 heteroatoms. The SMILES string of the molecule is CCN(C)CCN(CC)c1cc(C)ccn1. The number of aryl methyl sites for hydroxylation is 1. The highest BCUT2D eigenvalue weighted by Crippen LogP contribution is 2.11. The largest absolute Gasteiger partial charge is 0.356 e. The fraction of sp³-hybridized carbons (Fsp3) is 0.615. The Morgan fingerprint density at radius 2 is 1.94 bits per heavy atom. The lowest BCUT2D eigenvalue weighted by molar-refractivity contribution is 0.358. The second-order valence-corrected chi connectivity index (χ2v) is 4.17. The van der Waals surface area contributed by atoms with E-state index in [2.05, 4.69) is 48.7 Å². The first-order chi connectivity index (χ1) is 7.67. The molecule has 0 bridgehead atoms. The second-order valence-electron chi connectivity index (χ2n) is 4.17. The van der Waals surface area contributed by atoms with Crippen molar-refractivity contribution in [1.29, 1.82) is 0 Å². The molecule has 0 aliphatic heterocycles. The standard InChI is InChI=1S/C13H23N3/c1-5-15(4)9-10-16(6-2)13-11-12(3)7-8-14-13/h7-8,11H,5-6,9-10H2,1-4H3. The number of rotatable bonds is 6. The first-order valence-corrected chi connectivity index (χ1v) is 6.03. The number of hydrogen-bond acceptors (Lipinski definition) is 3. The molecule has 90 valence electrons. The van der Waals surface area contributed by atoms with Crippen LogP contribution >= 0.6 is 0 Å². The topological polar surface area (TPSA) is 19.4 Å². The summed E-state index contributed by atoms with van der Waals surface area (Å²) in [7, 11) is 2.15. The maximum atomic E-state index is 4.42. The van der Waals surface area contributed by atoms with Gasteiger partial charge in [-0.15, -0.1) is 0 Å². The smallest absolute Gasteiger partial charge is 0.128 e. The van der Waals surface area contributed by atoms with E-state index in [0.717, 1.165) is 32.0 Å². The highest BCUT2D eigenvalue weighted by molar-refractivity contribution is 5.40. The minimum Gasteiger partial charge on any atom is -0.356 e. The van der Waals surface area contributed by atoms with Crippen LogP contribution in [0.5, 0.6) is 0 Å². The van der Waals surface area contributed by atoms with Gasteiger partial charge in [-0.3, -0.25) is 0 Å². The van der Waals surface area contributed by atoms with Gasteiger partial charge in [0.2, 0.25) is 0 Å². The van der Waals surface area contributed by atoms with Crippen molar-refractivity contribution in [2.24, 2.45) is 0 Å². The van der Waals surface area contributed by atoms with Crippen molar-refractivity contribution >= 4 is 5.82 Å². The zero-order valence-electron chi connectivity index (χ0n) is 10.9. The van der Waals surface area contributed by atoms with Gasteiger partial charge in [0, 0.05) is 25.8 Å². The highest BCUT2D eigenvalue weighted by atomic mass is 15.2. The fourth-order valence-electron chi connectivity index (χ4n) is 1.58. The summed E-state index contributed by atoms with van der Waals surface area (Å²) in [6.07, 6.45) is 1.89. The van der Waals surface area contributed by atoms with E-state index in [4.69, 9.17) is 0 Å². The van der Waals surface area contributed by atoms with Gasteiger partial charge in [-0.1, -0.05) is 6.92 Å². The highest BCUT2D eigenvalue weighted by Gasteiger charge is 2.06. The van der Waals surface area contributed by atoms with Crippen LogP contribution in [0.4, 0.5) is 5.82 Å². The maximum absolute atomic E-state index is 4.42. The number of aromatic nitrogens is 1. The molecule has 0 fully saturated rings. The summed E-state index contributed by atoms with van der Waals surface area (Å²) in [5.41, 5.74) is 1.27. The summed E-state index contributed by atoms with van der Waals surface area (Å²) < 4.78 is 0. The van der Waals surface area contributed by atoms with Crippen molar-refractivity contribution in [2.75, 3.05) is 38.1 Å². The second kappa shape index (κ2) is 6.48. The zero-order chi connectivity index (χ0) is 12.0. The summed E-state index contributed by atoms with van der Waals surface area (Å²) in [6, 6.07) is 4.19. The quantitative estimate of drug-likeness (QED) is 0.734. The summed E-state index contributed by atoms with van der Waals surface area (Å²) in [5, 5.41) is 0. The van der Waals surface area contributed by atoms with E-state index in [1.165, 1.54) is 5.56 Å². The molecule has 0 aromatic carbocycles. The molecule has 0 saturated carbocycles. The molecule has 0 saturated heterocycles. The molecule has 0 amide bonds. The molecule has 1 aromatic rings. The molecule has 0 N–H and O–H groups in total. The minimum absolute atomic E-state index is 1.01. The average Bonchev–Trinajstić information content (AvgIpc) is 2.29. The van der Waals surface area contributed by atoms with Crippen LogP contribution in [0.25, 0.3) is 0 Å². The van der Waals surface area contributed by atoms with E-state index in [1.54, 1.807) is 0 Å². The predicted octanol–water partition coefficient (Wildman–Crippen LogP) is 2.17. The van der Waals surface area contributed by atoms with Crippen LogP contribution in [0, 0.1) is 6.92 Å². The molecule has 0 spiro atoms. The number of anilines is 1. The van der Waals surface area contributed by atoms with Crippen molar-refractivity contribution in [1.82, 2.24) is 9.88 Å². The molecule has 1 aromatic heterocycles. The van der Waals surface area contributed by atoms with E-state index in [0.29, 0.717) is 0 Å². The fourth-order valence-corrected chi connectivity index (χ4v) is 1.58. The van der Waals surface area contributed by atoms with E-state index in [-0.39, 0.29) is 0 Å². The molecule has 0 radical (unpaired) electrons. The van der Waals surface area contributed by atoms with Gasteiger partial charge in [0.15, 0.2) is 0 Å². The van der Waals surface area contributed by atoms with E-state index in [9.17, 15) is 0 Å². The van der Waals surface area contributed by atoms with Gasteiger partial charge >= 0.3 is 0 Å². The summed E-state index contributed by atoms with van der Waals surface area (Å²) in [4.78, 5) is 9.06. The Morgan fingerprint density at radius 3 is 2.50 bits per heavy atom. The molecule has 0 unspecified atom stereocenters. The van der Waals surface area contributed by atoms with Crippen LogP contribution in [0.3, 0.4) is 0 Å². The van der Waals surface area contributed by atoms with Crippen molar-refractivity contribution in [3.05, 3.63) is 23.9 Å². The first kappa shape index (κ1) is 13.0. The van der Waals surface area contributed by atoms with Crippen LogP contribution in [0.2, 0.25) is 0 Å². The molecule has 3 nitrogen and oxygen atoms in total. The Balaban J connectivity index is 2.60. The average molecular weight is 221 g/mol. The zero-order valence-corrected chi connectivity index (χ0v) is 10.9. The number of likely N-dealkylation sites (N-methyl/N-ethyl adjacent to an activating group) is 2. The maximum Gasteiger partial charge on any atom is 0.128 e. The summed E-state index contributed by atoms with van der Waals surface area (Å²) in [6.45, 7) is 10.7. The molecule has 1 rings (SSSR count). The van der Waals surface area contributed by atoms with Gasteiger partial charge in [0.1, 0.15) is 5.82 Å². The lowest BCUT2D eigenvalue weighted by Gasteiger charge is -2.25. The number of hydrogen-bond donors (Lipinski definition) is 0. The number of nitrogens with zero attached hydrogens (tertiary/aromatic N) is 3. The Labute approximate surface area is 99.1 Å². The third kappa shape index (κ3) is 3.81.